The van der Waals surface area contributed by atoms with Gasteiger partial charge in [0.15, 0.2) is 5.78 Å². The number of carbonyl (C=O) groups is 1. The van der Waals surface area contributed by atoms with Gasteiger partial charge < -0.3 is 4.74 Å². The molecule has 216 valence electrons. The van der Waals surface area contributed by atoms with Crippen molar-refractivity contribution >= 4 is 22.1 Å². The molecule has 0 amide bonds. The molecule has 2 saturated carbocycles. The third-order valence-electron chi connectivity index (χ3n) is 11.0. The maximum atomic E-state index is 14.4. The van der Waals surface area contributed by atoms with Crippen LogP contribution in [-0.2, 0) is 6.54 Å². The van der Waals surface area contributed by atoms with Gasteiger partial charge in [-0.05, 0) is 128 Å². The molecule has 0 radical (unpaired) electrons. The van der Waals surface area contributed by atoms with Crippen LogP contribution in [0.4, 0.5) is 0 Å². The normalized spacial score (nSPS) is 23.2. The van der Waals surface area contributed by atoms with Crippen molar-refractivity contribution in [3.8, 4) is 5.75 Å². The Labute approximate surface area is 250 Å². The maximum absolute atomic E-state index is 14.4. The number of nitrogens with zero attached hydrogens (tertiary/aromatic N) is 1. The van der Waals surface area contributed by atoms with E-state index in [0.717, 1.165) is 79.4 Å². The lowest BCUT2D eigenvalue weighted by Gasteiger charge is -2.40. The Morgan fingerprint density at radius 2 is 1.69 bits per heavy atom. The molecule has 42 heavy (non-hydrogen) atoms. The Morgan fingerprint density at radius 3 is 2.45 bits per heavy atom. The van der Waals surface area contributed by atoms with E-state index < -0.39 is 0 Å². The van der Waals surface area contributed by atoms with E-state index in [9.17, 15) is 4.79 Å². The highest BCUT2D eigenvalue weighted by Crippen LogP contribution is 2.50. The number of ether oxygens (including phenoxy) is 1. The highest BCUT2D eigenvalue weighted by Gasteiger charge is 2.41. The van der Waals surface area contributed by atoms with Crippen LogP contribution in [-0.4, -0.2) is 30.4 Å². The van der Waals surface area contributed by atoms with Crippen molar-refractivity contribution in [3.63, 3.8) is 0 Å². The second-order valence-electron chi connectivity index (χ2n) is 13.5. The van der Waals surface area contributed by atoms with Crippen LogP contribution < -0.4 is 4.74 Å². The number of fused-ring (bicyclic) bond motifs is 4. The molecule has 1 atom stereocenters. The molecule has 0 N–H and O–H groups in total. The zero-order valence-corrected chi connectivity index (χ0v) is 25.0. The first-order valence-corrected chi connectivity index (χ1v) is 16.7. The molecule has 1 unspecified atom stereocenters. The summed E-state index contributed by atoms with van der Waals surface area (Å²) in [5.41, 5.74) is 9.43. The van der Waals surface area contributed by atoms with Gasteiger partial charge in [-0.15, -0.1) is 0 Å². The molecule has 0 aromatic heterocycles. The number of allylic oxidation sites excluding steroid dienone is 4. The smallest absolute Gasteiger partial charge is 0.171 e. The van der Waals surface area contributed by atoms with Crippen molar-refractivity contribution in [2.24, 2.45) is 11.8 Å². The third-order valence-corrected chi connectivity index (χ3v) is 11.0. The molecular formula is C39H43NO2. The quantitative estimate of drug-likeness (QED) is 0.290. The standard InChI is InChI=1S/C39H43NO2/c1-2-42-36-23-35(25-9-7-10-25)34(27-14-15-27)22-29(36)24-40-20-18-28(19-21-40)37-32-13-6-5-12-31(32)33-17-16-26-8-3-4-11-30(26)38(33)39(37)41/h3-5,8,11-12,16-17,22-23,25,27-28,37H,2,6-7,9-10,13-15,18-21,24H2,1H3. The van der Waals surface area contributed by atoms with Gasteiger partial charge in [-0.25, -0.2) is 0 Å². The topological polar surface area (TPSA) is 29.5 Å². The highest BCUT2D eigenvalue weighted by molar-refractivity contribution is 6.17. The number of carbonyl (C=O) groups excluding carboxylic acids is 1. The highest BCUT2D eigenvalue weighted by atomic mass is 16.5. The van der Waals surface area contributed by atoms with E-state index in [2.05, 4.69) is 72.5 Å². The van der Waals surface area contributed by atoms with Crippen LogP contribution in [0.2, 0.25) is 0 Å². The first-order valence-electron chi connectivity index (χ1n) is 16.7. The number of Topliss-reactive ketones (excluding diaryl/α,β-unsaturated/α-hetero) is 1. The average molecular weight is 558 g/mol. The van der Waals surface area contributed by atoms with Gasteiger partial charge in [-0.3, -0.25) is 9.69 Å². The summed E-state index contributed by atoms with van der Waals surface area (Å²) in [7, 11) is 0. The molecule has 4 aliphatic carbocycles. The van der Waals surface area contributed by atoms with Crippen LogP contribution >= 0.6 is 0 Å². The number of hydrogen-bond acceptors (Lipinski definition) is 3. The SMILES string of the molecule is CCOc1cc(C2CCC2)c(C2CC2)cc1CN1CCC(C2C(=O)c3c(ccc4ccccc34)C3=C2CCC=C3)CC1. The lowest BCUT2D eigenvalue weighted by atomic mass is 9.66. The summed E-state index contributed by atoms with van der Waals surface area (Å²) in [6, 6.07) is 17.8. The molecule has 1 saturated heterocycles. The minimum atomic E-state index is 0.0209. The fourth-order valence-electron chi connectivity index (χ4n) is 8.42. The summed E-state index contributed by atoms with van der Waals surface area (Å²) in [6.45, 7) is 5.87. The lowest BCUT2D eigenvalue weighted by Crippen LogP contribution is -2.40. The summed E-state index contributed by atoms with van der Waals surface area (Å²) in [6.07, 6.45) is 15.6. The van der Waals surface area contributed by atoms with Crippen LogP contribution in [0, 0.1) is 11.8 Å². The largest absolute Gasteiger partial charge is 0.494 e. The van der Waals surface area contributed by atoms with Crippen molar-refractivity contribution in [3.05, 3.63) is 94.1 Å². The van der Waals surface area contributed by atoms with E-state index in [4.69, 9.17) is 4.74 Å². The summed E-state index contributed by atoms with van der Waals surface area (Å²) in [5, 5.41) is 2.29. The van der Waals surface area contributed by atoms with Crippen LogP contribution in [0.25, 0.3) is 16.3 Å². The second kappa shape index (κ2) is 10.8. The molecule has 5 aliphatic rings. The van der Waals surface area contributed by atoms with Crippen LogP contribution in [0.1, 0.15) is 109 Å². The van der Waals surface area contributed by atoms with Crippen LogP contribution in [0.3, 0.4) is 0 Å². The molecule has 8 rings (SSSR count). The van der Waals surface area contributed by atoms with Gasteiger partial charge in [0.2, 0.25) is 0 Å². The predicted molar refractivity (Wildman–Crippen MR) is 171 cm³/mol. The fraction of sp³-hybridized carbons (Fsp3) is 0.462. The first-order chi connectivity index (χ1) is 20.7. The Bertz CT molecular complexity index is 1600. The number of benzene rings is 3. The summed E-state index contributed by atoms with van der Waals surface area (Å²) < 4.78 is 6.27. The van der Waals surface area contributed by atoms with Crippen molar-refractivity contribution in [2.75, 3.05) is 19.7 Å². The first kappa shape index (κ1) is 26.5. The number of rotatable bonds is 7. The number of likely N-dealkylation sites (tertiary alicyclic amines) is 1. The minimum absolute atomic E-state index is 0.0209. The third kappa shape index (κ3) is 4.56. The molecule has 0 bridgehead atoms. The molecule has 3 nitrogen and oxygen atoms in total. The number of piperidine rings is 1. The Balaban J connectivity index is 1.05. The molecule has 3 fully saturated rings. The predicted octanol–water partition coefficient (Wildman–Crippen LogP) is 9.21. The Morgan fingerprint density at radius 1 is 0.905 bits per heavy atom. The molecule has 0 spiro atoms. The van der Waals surface area contributed by atoms with Gasteiger partial charge in [0, 0.05) is 23.6 Å². The lowest BCUT2D eigenvalue weighted by molar-refractivity contribution is 0.0829. The van der Waals surface area contributed by atoms with E-state index in [1.807, 2.05) is 0 Å². The van der Waals surface area contributed by atoms with Gasteiger partial charge in [0.05, 0.1) is 6.61 Å². The van der Waals surface area contributed by atoms with E-state index in [1.54, 1.807) is 11.1 Å². The average Bonchev–Trinajstić information content (AvgIpc) is 3.84. The summed E-state index contributed by atoms with van der Waals surface area (Å²) in [5.74, 6) is 3.42. The Kier molecular flexibility index (Phi) is 6.82. The zero-order chi connectivity index (χ0) is 28.2. The maximum Gasteiger partial charge on any atom is 0.171 e. The van der Waals surface area contributed by atoms with Crippen LogP contribution in [0.15, 0.2) is 66.3 Å². The van der Waals surface area contributed by atoms with E-state index in [-0.39, 0.29) is 5.92 Å². The fourth-order valence-corrected chi connectivity index (χ4v) is 8.42. The van der Waals surface area contributed by atoms with Crippen molar-refractivity contribution in [1.82, 2.24) is 4.90 Å². The van der Waals surface area contributed by atoms with Gasteiger partial charge >= 0.3 is 0 Å². The van der Waals surface area contributed by atoms with Gasteiger partial charge in [-0.2, -0.15) is 0 Å². The number of ketones is 1. The monoisotopic (exact) mass is 557 g/mol. The molecule has 1 aliphatic heterocycles. The molecule has 3 aromatic carbocycles. The Hall–Kier alpha value is -3.17. The summed E-state index contributed by atoms with van der Waals surface area (Å²) >= 11 is 0. The zero-order valence-electron chi connectivity index (χ0n) is 25.0. The molecule has 3 heteroatoms. The number of hydrogen-bond donors (Lipinski definition) is 0. The van der Waals surface area contributed by atoms with Crippen molar-refractivity contribution in [1.29, 1.82) is 0 Å². The van der Waals surface area contributed by atoms with E-state index in [1.165, 1.54) is 54.2 Å². The molecule has 1 heterocycles. The van der Waals surface area contributed by atoms with Gasteiger partial charge in [-0.1, -0.05) is 66.6 Å². The van der Waals surface area contributed by atoms with Crippen LogP contribution in [0.5, 0.6) is 5.75 Å². The molecular weight excluding hydrogens is 514 g/mol. The van der Waals surface area contributed by atoms with Gasteiger partial charge in [0.25, 0.3) is 0 Å². The van der Waals surface area contributed by atoms with Gasteiger partial charge in [0.1, 0.15) is 5.75 Å². The summed E-state index contributed by atoms with van der Waals surface area (Å²) in [4.78, 5) is 17.0. The molecule has 3 aromatic rings. The van der Waals surface area contributed by atoms with E-state index >= 15 is 0 Å². The van der Waals surface area contributed by atoms with E-state index in [0.29, 0.717) is 18.3 Å². The second-order valence-corrected chi connectivity index (χ2v) is 13.5. The van der Waals surface area contributed by atoms with Crippen molar-refractivity contribution in [2.45, 2.75) is 83.1 Å². The minimum Gasteiger partial charge on any atom is -0.494 e. The van der Waals surface area contributed by atoms with Crippen molar-refractivity contribution < 1.29 is 9.53 Å².